The largest absolute Gasteiger partial charge is 0.314 e. The number of rotatable bonds is 3. The lowest BCUT2D eigenvalue weighted by atomic mass is 10.00. The fourth-order valence-corrected chi connectivity index (χ4v) is 2.66. The maximum atomic E-state index is 6.23. The minimum absolute atomic E-state index is 0.611. The summed E-state index contributed by atoms with van der Waals surface area (Å²) in [5, 5.41) is 4.35. The average Bonchev–Trinajstić information content (AvgIpc) is 2.32. The summed E-state index contributed by atoms with van der Waals surface area (Å²) in [7, 11) is 0. The lowest BCUT2D eigenvalue weighted by molar-refractivity contribution is 0.117. The van der Waals surface area contributed by atoms with Crippen LogP contribution in [-0.2, 0) is 6.54 Å². The van der Waals surface area contributed by atoms with Gasteiger partial charge in [-0.25, -0.2) is 0 Å². The Labute approximate surface area is 109 Å². The van der Waals surface area contributed by atoms with Crippen LogP contribution in [0.2, 0.25) is 5.02 Å². The van der Waals surface area contributed by atoms with Crippen LogP contribution in [0.1, 0.15) is 19.4 Å². The van der Waals surface area contributed by atoms with Gasteiger partial charge >= 0.3 is 0 Å². The zero-order valence-corrected chi connectivity index (χ0v) is 11.4. The van der Waals surface area contributed by atoms with Crippen molar-refractivity contribution >= 4 is 11.6 Å². The van der Waals surface area contributed by atoms with Gasteiger partial charge in [0.05, 0.1) is 0 Å². The lowest BCUT2D eigenvalue weighted by Crippen LogP contribution is -2.52. The van der Waals surface area contributed by atoms with E-state index in [-0.39, 0.29) is 0 Å². The minimum atomic E-state index is 0.611. The van der Waals surface area contributed by atoms with Crippen LogP contribution >= 0.6 is 11.6 Å². The zero-order valence-electron chi connectivity index (χ0n) is 10.6. The Morgan fingerprint density at radius 2 is 2.18 bits per heavy atom. The van der Waals surface area contributed by atoms with Crippen LogP contribution in [0.3, 0.4) is 0 Å². The van der Waals surface area contributed by atoms with Gasteiger partial charge in [0.1, 0.15) is 0 Å². The monoisotopic (exact) mass is 252 g/mol. The first-order valence-corrected chi connectivity index (χ1v) is 6.74. The van der Waals surface area contributed by atoms with Crippen LogP contribution in [0, 0.1) is 5.92 Å². The van der Waals surface area contributed by atoms with Crippen LogP contribution in [0.15, 0.2) is 24.3 Å². The molecule has 0 bridgehead atoms. The SMILES string of the molecule is CC(C)C1CNCCN1Cc1ccccc1Cl. The lowest BCUT2D eigenvalue weighted by Gasteiger charge is -2.38. The van der Waals surface area contributed by atoms with Gasteiger partial charge < -0.3 is 5.32 Å². The molecule has 3 heteroatoms. The van der Waals surface area contributed by atoms with Gasteiger partial charge in [0, 0.05) is 37.2 Å². The van der Waals surface area contributed by atoms with E-state index in [1.807, 2.05) is 12.1 Å². The van der Waals surface area contributed by atoms with Crippen molar-refractivity contribution < 1.29 is 0 Å². The molecule has 0 saturated carbocycles. The molecule has 1 aromatic carbocycles. The van der Waals surface area contributed by atoms with Gasteiger partial charge in [-0.05, 0) is 17.5 Å². The molecule has 2 nitrogen and oxygen atoms in total. The maximum absolute atomic E-state index is 6.23. The highest BCUT2D eigenvalue weighted by atomic mass is 35.5. The summed E-state index contributed by atoms with van der Waals surface area (Å²) in [5.74, 6) is 0.672. The molecule has 1 unspecified atom stereocenters. The van der Waals surface area contributed by atoms with Crippen LogP contribution < -0.4 is 5.32 Å². The normalized spacial score (nSPS) is 22.0. The highest BCUT2D eigenvalue weighted by Crippen LogP contribution is 2.21. The van der Waals surface area contributed by atoms with Crippen LogP contribution in [-0.4, -0.2) is 30.6 Å². The summed E-state index contributed by atoms with van der Waals surface area (Å²) in [5.41, 5.74) is 1.24. The molecule has 1 fully saturated rings. The first-order valence-electron chi connectivity index (χ1n) is 6.36. The molecule has 0 amide bonds. The van der Waals surface area contributed by atoms with Gasteiger partial charge in [-0.15, -0.1) is 0 Å². The van der Waals surface area contributed by atoms with E-state index < -0.39 is 0 Å². The van der Waals surface area contributed by atoms with Gasteiger partial charge in [0.15, 0.2) is 0 Å². The van der Waals surface area contributed by atoms with Crippen molar-refractivity contribution in [3.05, 3.63) is 34.9 Å². The number of nitrogens with zero attached hydrogens (tertiary/aromatic N) is 1. The number of hydrogen-bond acceptors (Lipinski definition) is 2. The van der Waals surface area contributed by atoms with E-state index in [0.29, 0.717) is 12.0 Å². The smallest absolute Gasteiger partial charge is 0.0451 e. The van der Waals surface area contributed by atoms with Crippen molar-refractivity contribution in [1.29, 1.82) is 0 Å². The number of halogens is 1. The molecule has 1 aliphatic heterocycles. The highest BCUT2D eigenvalue weighted by Gasteiger charge is 2.25. The molecule has 1 atom stereocenters. The highest BCUT2D eigenvalue weighted by molar-refractivity contribution is 6.31. The molecule has 0 spiro atoms. The average molecular weight is 253 g/mol. The van der Waals surface area contributed by atoms with Gasteiger partial charge in [-0.3, -0.25) is 4.90 Å². The number of hydrogen-bond donors (Lipinski definition) is 1. The quantitative estimate of drug-likeness (QED) is 0.890. The van der Waals surface area contributed by atoms with Gasteiger partial charge in [0.2, 0.25) is 0 Å². The van der Waals surface area contributed by atoms with E-state index in [4.69, 9.17) is 11.6 Å². The number of benzene rings is 1. The Morgan fingerprint density at radius 1 is 1.41 bits per heavy atom. The molecule has 1 aromatic rings. The standard InChI is InChI=1S/C14H21ClN2/c1-11(2)14-9-16-7-8-17(14)10-12-5-3-4-6-13(12)15/h3-6,11,14,16H,7-10H2,1-2H3. The van der Waals surface area contributed by atoms with Crippen LogP contribution in [0.25, 0.3) is 0 Å². The molecule has 2 rings (SSSR count). The number of nitrogens with one attached hydrogen (secondary N) is 1. The third-order valence-corrected chi connectivity index (χ3v) is 3.87. The number of piperazine rings is 1. The predicted molar refractivity (Wildman–Crippen MR) is 73.4 cm³/mol. The van der Waals surface area contributed by atoms with Gasteiger partial charge in [-0.2, -0.15) is 0 Å². The summed E-state index contributed by atoms with van der Waals surface area (Å²) in [6, 6.07) is 8.77. The molecular weight excluding hydrogens is 232 g/mol. The molecule has 0 radical (unpaired) electrons. The van der Waals surface area contributed by atoms with Crippen LogP contribution in [0.5, 0.6) is 0 Å². The second-order valence-corrected chi connectivity index (χ2v) is 5.48. The van der Waals surface area contributed by atoms with E-state index in [1.54, 1.807) is 0 Å². The van der Waals surface area contributed by atoms with Crippen molar-refractivity contribution in [1.82, 2.24) is 10.2 Å². The maximum Gasteiger partial charge on any atom is 0.0451 e. The molecule has 0 aliphatic carbocycles. The second-order valence-electron chi connectivity index (χ2n) is 5.08. The van der Waals surface area contributed by atoms with E-state index in [0.717, 1.165) is 31.2 Å². The minimum Gasteiger partial charge on any atom is -0.314 e. The summed E-state index contributed by atoms with van der Waals surface area (Å²) in [4.78, 5) is 2.54. The molecule has 0 aromatic heterocycles. The zero-order chi connectivity index (χ0) is 12.3. The van der Waals surface area contributed by atoms with E-state index in [1.165, 1.54) is 5.56 Å². The summed E-state index contributed by atoms with van der Waals surface area (Å²) >= 11 is 6.23. The van der Waals surface area contributed by atoms with E-state index >= 15 is 0 Å². The Bertz CT molecular complexity index is 365. The topological polar surface area (TPSA) is 15.3 Å². The van der Waals surface area contributed by atoms with E-state index in [9.17, 15) is 0 Å². The molecule has 1 saturated heterocycles. The van der Waals surface area contributed by atoms with E-state index in [2.05, 4.69) is 36.2 Å². The Kier molecular flexibility index (Phi) is 4.43. The van der Waals surface area contributed by atoms with Gasteiger partial charge in [-0.1, -0.05) is 43.6 Å². The Balaban J connectivity index is 2.08. The first-order chi connectivity index (χ1) is 8.18. The Morgan fingerprint density at radius 3 is 2.88 bits per heavy atom. The molecule has 1 heterocycles. The van der Waals surface area contributed by atoms with Crippen molar-refractivity contribution in [3.63, 3.8) is 0 Å². The summed E-state index contributed by atoms with van der Waals surface area (Å²) in [6.45, 7) is 8.81. The molecule has 17 heavy (non-hydrogen) atoms. The van der Waals surface area contributed by atoms with Crippen molar-refractivity contribution in [2.75, 3.05) is 19.6 Å². The Hall–Kier alpha value is -0.570. The molecular formula is C14H21ClN2. The summed E-state index contributed by atoms with van der Waals surface area (Å²) in [6.07, 6.45) is 0. The van der Waals surface area contributed by atoms with Gasteiger partial charge in [0.25, 0.3) is 0 Å². The molecule has 1 aliphatic rings. The second kappa shape index (κ2) is 5.85. The molecule has 94 valence electrons. The fourth-order valence-electron chi connectivity index (χ4n) is 2.47. The predicted octanol–water partition coefficient (Wildman–Crippen LogP) is 2.77. The molecule has 1 N–H and O–H groups in total. The third-order valence-electron chi connectivity index (χ3n) is 3.50. The van der Waals surface area contributed by atoms with Crippen molar-refractivity contribution in [2.45, 2.75) is 26.4 Å². The van der Waals surface area contributed by atoms with Crippen molar-refractivity contribution in [3.8, 4) is 0 Å². The van der Waals surface area contributed by atoms with Crippen molar-refractivity contribution in [2.24, 2.45) is 5.92 Å². The first kappa shape index (κ1) is 12.9. The summed E-state index contributed by atoms with van der Waals surface area (Å²) < 4.78 is 0. The third kappa shape index (κ3) is 3.21. The van der Waals surface area contributed by atoms with Crippen LogP contribution in [0.4, 0.5) is 0 Å². The fraction of sp³-hybridized carbons (Fsp3) is 0.571.